The fourth-order valence-corrected chi connectivity index (χ4v) is 2.20. The zero-order valence-corrected chi connectivity index (χ0v) is 12.7. The molecule has 0 saturated carbocycles. The molecule has 0 spiro atoms. The molecule has 2 aromatic rings. The van der Waals surface area contributed by atoms with Crippen LogP contribution in [0.4, 0.5) is 5.69 Å². The van der Waals surface area contributed by atoms with E-state index in [1.54, 1.807) is 0 Å². The third kappa shape index (κ3) is 3.32. The Morgan fingerprint density at radius 3 is 2.15 bits per heavy atom. The van der Waals surface area contributed by atoms with E-state index in [1.807, 2.05) is 25.1 Å². The lowest BCUT2D eigenvalue weighted by atomic mass is 9.86. The molecule has 0 aliphatic heterocycles. The summed E-state index contributed by atoms with van der Waals surface area (Å²) in [5.41, 5.74) is 10.4. The van der Waals surface area contributed by atoms with Crippen molar-refractivity contribution < 1.29 is 4.74 Å². The highest BCUT2D eigenvalue weighted by molar-refractivity contribution is 5.70. The maximum atomic E-state index is 5.95. The van der Waals surface area contributed by atoms with Gasteiger partial charge in [-0.3, -0.25) is 0 Å². The van der Waals surface area contributed by atoms with Crippen LogP contribution in [0, 0.1) is 0 Å². The molecular formula is C18H23NO. The molecule has 0 atom stereocenters. The Labute approximate surface area is 121 Å². The summed E-state index contributed by atoms with van der Waals surface area (Å²) in [6, 6.07) is 14.5. The highest BCUT2D eigenvalue weighted by Gasteiger charge is 2.13. The van der Waals surface area contributed by atoms with Crippen LogP contribution >= 0.6 is 0 Å². The molecule has 0 amide bonds. The van der Waals surface area contributed by atoms with Gasteiger partial charge in [0.05, 0.1) is 6.61 Å². The van der Waals surface area contributed by atoms with Crippen molar-refractivity contribution in [3.8, 4) is 16.9 Å². The number of nitrogen functional groups attached to an aromatic ring is 1. The molecule has 2 aromatic carbocycles. The molecule has 2 N–H and O–H groups in total. The molecular weight excluding hydrogens is 246 g/mol. The fourth-order valence-electron chi connectivity index (χ4n) is 2.20. The summed E-state index contributed by atoms with van der Waals surface area (Å²) < 4.78 is 5.55. The Bertz CT molecular complexity index is 579. The highest BCUT2D eigenvalue weighted by atomic mass is 16.5. The monoisotopic (exact) mass is 269 g/mol. The standard InChI is InChI=1S/C18H23NO/c1-5-20-17-11-14(10-16(19)12-17)13-6-8-15(9-7-13)18(2,3)4/h6-12H,5,19H2,1-4H3. The lowest BCUT2D eigenvalue weighted by Gasteiger charge is -2.19. The van der Waals surface area contributed by atoms with Crippen molar-refractivity contribution in [1.82, 2.24) is 0 Å². The number of benzene rings is 2. The highest BCUT2D eigenvalue weighted by Crippen LogP contribution is 2.29. The number of ether oxygens (including phenoxy) is 1. The van der Waals surface area contributed by atoms with Crippen LogP contribution in [0.3, 0.4) is 0 Å². The fraction of sp³-hybridized carbons (Fsp3) is 0.333. The first kappa shape index (κ1) is 14.4. The summed E-state index contributed by atoms with van der Waals surface area (Å²) in [6.45, 7) is 9.27. The van der Waals surface area contributed by atoms with Crippen LogP contribution in [-0.2, 0) is 5.41 Å². The molecule has 0 aromatic heterocycles. The van der Waals surface area contributed by atoms with Crippen molar-refractivity contribution in [1.29, 1.82) is 0 Å². The normalized spacial score (nSPS) is 11.4. The zero-order chi connectivity index (χ0) is 14.8. The van der Waals surface area contributed by atoms with E-state index in [2.05, 4.69) is 45.0 Å². The van der Waals surface area contributed by atoms with Crippen LogP contribution in [-0.4, -0.2) is 6.61 Å². The number of nitrogens with two attached hydrogens (primary N) is 1. The van der Waals surface area contributed by atoms with Gasteiger partial charge in [0.2, 0.25) is 0 Å². The van der Waals surface area contributed by atoms with Gasteiger partial charge >= 0.3 is 0 Å². The van der Waals surface area contributed by atoms with Crippen LogP contribution < -0.4 is 10.5 Å². The van der Waals surface area contributed by atoms with Gasteiger partial charge in [-0.25, -0.2) is 0 Å². The molecule has 20 heavy (non-hydrogen) atoms. The summed E-state index contributed by atoms with van der Waals surface area (Å²) in [7, 11) is 0. The summed E-state index contributed by atoms with van der Waals surface area (Å²) >= 11 is 0. The van der Waals surface area contributed by atoms with E-state index in [0.29, 0.717) is 6.61 Å². The van der Waals surface area contributed by atoms with Gasteiger partial charge in [-0.2, -0.15) is 0 Å². The van der Waals surface area contributed by atoms with E-state index in [1.165, 1.54) is 5.56 Å². The first-order valence-corrected chi connectivity index (χ1v) is 7.04. The minimum absolute atomic E-state index is 0.171. The van der Waals surface area contributed by atoms with E-state index >= 15 is 0 Å². The molecule has 106 valence electrons. The molecule has 0 aliphatic rings. The van der Waals surface area contributed by atoms with Gasteiger partial charge in [0.1, 0.15) is 5.75 Å². The van der Waals surface area contributed by atoms with Crippen LogP contribution in [0.2, 0.25) is 0 Å². The molecule has 0 radical (unpaired) electrons. The van der Waals surface area contributed by atoms with Gasteiger partial charge in [-0.05, 0) is 41.2 Å². The SMILES string of the molecule is CCOc1cc(N)cc(-c2ccc(C(C)(C)C)cc2)c1. The first-order chi connectivity index (χ1) is 9.40. The predicted molar refractivity (Wildman–Crippen MR) is 86.2 cm³/mol. The Hall–Kier alpha value is -1.96. The number of hydrogen-bond donors (Lipinski definition) is 1. The third-order valence-corrected chi connectivity index (χ3v) is 3.32. The summed E-state index contributed by atoms with van der Waals surface area (Å²) in [5, 5.41) is 0. The van der Waals surface area contributed by atoms with Crippen LogP contribution in [0.5, 0.6) is 5.75 Å². The van der Waals surface area contributed by atoms with Crippen molar-refractivity contribution >= 4 is 5.69 Å². The van der Waals surface area contributed by atoms with E-state index in [4.69, 9.17) is 10.5 Å². The minimum Gasteiger partial charge on any atom is -0.494 e. The maximum absolute atomic E-state index is 5.95. The van der Waals surface area contributed by atoms with Crippen LogP contribution in [0.1, 0.15) is 33.3 Å². The quantitative estimate of drug-likeness (QED) is 0.824. The van der Waals surface area contributed by atoms with Crippen molar-refractivity contribution in [2.75, 3.05) is 12.3 Å². The third-order valence-electron chi connectivity index (χ3n) is 3.32. The predicted octanol–water partition coefficient (Wildman–Crippen LogP) is 4.63. The Morgan fingerprint density at radius 2 is 1.60 bits per heavy atom. The van der Waals surface area contributed by atoms with E-state index in [9.17, 15) is 0 Å². The topological polar surface area (TPSA) is 35.2 Å². The summed E-state index contributed by atoms with van der Waals surface area (Å²) in [6.07, 6.45) is 0. The van der Waals surface area contributed by atoms with Crippen LogP contribution in [0.15, 0.2) is 42.5 Å². The number of rotatable bonds is 3. The second-order valence-corrected chi connectivity index (χ2v) is 6.05. The second-order valence-electron chi connectivity index (χ2n) is 6.05. The average Bonchev–Trinajstić information content (AvgIpc) is 2.37. The molecule has 2 nitrogen and oxygen atoms in total. The summed E-state index contributed by atoms with van der Waals surface area (Å²) in [5.74, 6) is 0.822. The maximum Gasteiger partial charge on any atom is 0.121 e. The van der Waals surface area contributed by atoms with E-state index in [-0.39, 0.29) is 5.41 Å². The molecule has 0 fully saturated rings. The van der Waals surface area contributed by atoms with E-state index < -0.39 is 0 Å². The number of hydrogen-bond acceptors (Lipinski definition) is 2. The summed E-state index contributed by atoms with van der Waals surface area (Å²) in [4.78, 5) is 0. The lowest BCUT2D eigenvalue weighted by Crippen LogP contribution is -2.10. The van der Waals surface area contributed by atoms with Crippen LogP contribution in [0.25, 0.3) is 11.1 Å². The van der Waals surface area contributed by atoms with Gasteiger partial charge in [0.15, 0.2) is 0 Å². The number of anilines is 1. The largest absolute Gasteiger partial charge is 0.494 e. The zero-order valence-electron chi connectivity index (χ0n) is 12.7. The van der Waals surface area contributed by atoms with E-state index in [0.717, 1.165) is 22.6 Å². The Balaban J connectivity index is 2.36. The molecule has 2 heteroatoms. The van der Waals surface area contributed by atoms with Gasteiger partial charge in [0, 0.05) is 11.8 Å². The minimum atomic E-state index is 0.171. The molecule has 0 bridgehead atoms. The first-order valence-electron chi connectivity index (χ1n) is 7.04. The van der Waals surface area contributed by atoms with Crippen molar-refractivity contribution in [3.05, 3.63) is 48.0 Å². The molecule has 0 unspecified atom stereocenters. The van der Waals surface area contributed by atoms with Gasteiger partial charge in [-0.1, -0.05) is 45.0 Å². The second kappa shape index (κ2) is 5.58. The molecule has 0 aliphatic carbocycles. The average molecular weight is 269 g/mol. The molecule has 0 heterocycles. The molecule has 0 saturated heterocycles. The van der Waals surface area contributed by atoms with Crippen molar-refractivity contribution in [2.45, 2.75) is 33.1 Å². The lowest BCUT2D eigenvalue weighted by molar-refractivity contribution is 0.340. The van der Waals surface area contributed by atoms with Gasteiger partial charge < -0.3 is 10.5 Å². The van der Waals surface area contributed by atoms with Gasteiger partial charge in [-0.15, -0.1) is 0 Å². The van der Waals surface area contributed by atoms with Crippen molar-refractivity contribution in [2.24, 2.45) is 0 Å². The van der Waals surface area contributed by atoms with Crippen molar-refractivity contribution in [3.63, 3.8) is 0 Å². The van der Waals surface area contributed by atoms with Gasteiger partial charge in [0.25, 0.3) is 0 Å². The smallest absolute Gasteiger partial charge is 0.121 e. The molecule has 2 rings (SSSR count). The Kier molecular flexibility index (Phi) is 4.03. The Morgan fingerprint density at radius 1 is 0.950 bits per heavy atom.